The minimum atomic E-state index is -0.118. The SMILES string of the molecule is Cc1csc(=O)n1CC(=O)N1CCN(C(=O)Cc2ccc(Cl)cc2)CC1. The number of thiazole rings is 1. The van der Waals surface area contributed by atoms with E-state index in [1.165, 1.54) is 4.57 Å². The van der Waals surface area contributed by atoms with E-state index in [1.807, 2.05) is 19.1 Å². The highest BCUT2D eigenvalue weighted by atomic mass is 35.5. The fourth-order valence-corrected chi connectivity index (χ4v) is 3.79. The Labute approximate surface area is 160 Å². The molecule has 0 atom stereocenters. The van der Waals surface area contributed by atoms with E-state index in [9.17, 15) is 14.4 Å². The normalized spacial score (nSPS) is 14.5. The Bertz CT molecular complexity index is 851. The van der Waals surface area contributed by atoms with Gasteiger partial charge in [-0.15, -0.1) is 0 Å². The third-order valence-electron chi connectivity index (χ3n) is 4.52. The van der Waals surface area contributed by atoms with E-state index in [0.29, 0.717) is 37.6 Å². The minimum absolute atomic E-state index is 0.0457. The smallest absolute Gasteiger partial charge is 0.307 e. The second-order valence-electron chi connectivity index (χ2n) is 6.29. The van der Waals surface area contributed by atoms with Crippen LogP contribution in [-0.4, -0.2) is 52.4 Å². The van der Waals surface area contributed by atoms with Crippen LogP contribution in [-0.2, 0) is 22.6 Å². The average molecular weight is 394 g/mol. The van der Waals surface area contributed by atoms with E-state index in [1.54, 1.807) is 27.3 Å². The van der Waals surface area contributed by atoms with Gasteiger partial charge in [-0.25, -0.2) is 0 Å². The first kappa shape index (κ1) is 18.7. The van der Waals surface area contributed by atoms with E-state index < -0.39 is 0 Å². The molecule has 0 unspecified atom stereocenters. The maximum absolute atomic E-state index is 12.4. The van der Waals surface area contributed by atoms with Crippen LogP contribution in [0.2, 0.25) is 5.02 Å². The van der Waals surface area contributed by atoms with Crippen molar-refractivity contribution in [3.05, 3.63) is 55.6 Å². The monoisotopic (exact) mass is 393 g/mol. The van der Waals surface area contributed by atoms with E-state index in [4.69, 9.17) is 11.6 Å². The molecule has 3 rings (SSSR count). The summed E-state index contributed by atoms with van der Waals surface area (Å²) < 4.78 is 1.49. The lowest BCUT2D eigenvalue weighted by atomic mass is 10.1. The van der Waals surface area contributed by atoms with Crippen LogP contribution in [0.25, 0.3) is 0 Å². The van der Waals surface area contributed by atoms with Gasteiger partial charge < -0.3 is 9.80 Å². The number of rotatable bonds is 4. The average Bonchev–Trinajstić information content (AvgIpc) is 2.95. The zero-order valence-corrected chi connectivity index (χ0v) is 16.1. The second kappa shape index (κ2) is 8.05. The van der Waals surface area contributed by atoms with E-state index in [2.05, 4.69) is 0 Å². The minimum Gasteiger partial charge on any atom is -0.339 e. The van der Waals surface area contributed by atoms with Gasteiger partial charge >= 0.3 is 4.87 Å². The van der Waals surface area contributed by atoms with Crippen LogP contribution in [0.5, 0.6) is 0 Å². The molecule has 2 amide bonds. The highest BCUT2D eigenvalue weighted by molar-refractivity contribution is 7.07. The molecule has 0 radical (unpaired) electrons. The van der Waals surface area contributed by atoms with Crippen molar-refractivity contribution in [2.24, 2.45) is 0 Å². The van der Waals surface area contributed by atoms with Gasteiger partial charge in [-0.2, -0.15) is 0 Å². The van der Waals surface area contributed by atoms with Gasteiger partial charge in [0.2, 0.25) is 11.8 Å². The molecular formula is C18H20ClN3O3S. The molecule has 0 saturated carbocycles. The van der Waals surface area contributed by atoms with Gasteiger partial charge in [0.05, 0.1) is 6.42 Å². The lowest BCUT2D eigenvalue weighted by Gasteiger charge is -2.35. The number of carbonyl (C=O) groups is 2. The molecule has 1 fully saturated rings. The summed E-state index contributed by atoms with van der Waals surface area (Å²) in [7, 11) is 0. The number of benzene rings is 1. The largest absolute Gasteiger partial charge is 0.339 e. The van der Waals surface area contributed by atoms with Crippen LogP contribution in [0.4, 0.5) is 0 Å². The van der Waals surface area contributed by atoms with E-state index in [-0.39, 0.29) is 23.2 Å². The van der Waals surface area contributed by atoms with Crippen molar-refractivity contribution >= 4 is 34.8 Å². The van der Waals surface area contributed by atoms with Crippen molar-refractivity contribution in [3.8, 4) is 0 Å². The lowest BCUT2D eigenvalue weighted by molar-refractivity contribution is -0.139. The fraction of sp³-hybridized carbons (Fsp3) is 0.389. The number of halogens is 1. The molecule has 0 spiro atoms. The van der Waals surface area contributed by atoms with Crippen LogP contribution in [0, 0.1) is 6.92 Å². The van der Waals surface area contributed by atoms with Gasteiger partial charge in [0.15, 0.2) is 0 Å². The zero-order chi connectivity index (χ0) is 18.7. The Balaban J connectivity index is 1.52. The third kappa shape index (κ3) is 4.34. The summed E-state index contributed by atoms with van der Waals surface area (Å²) in [4.78, 5) is 40.0. The van der Waals surface area contributed by atoms with Crippen LogP contribution in [0.1, 0.15) is 11.3 Å². The Hall–Kier alpha value is -2.12. The number of aromatic nitrogens is 1. The Morgan fingerprint density at radius 3 is 2.15 bits per heavy atom. The van der Waals surface area contributed by atoms with Gasteiger partial charge in [-0.05, 0) is 24.6 Å². The van der Waals surface area contributed by atoms with Crippen molar-refractivity contribution in [1.29, 1.82) is 0 Å². The molecule has 1 saturated heterocycles. The Kier molecular flexibility index (Phi) is 5.78. The fourth-order valence-electron chi connectivity index (χ4n) is 2.93. The van der Waals surface area contributed by atoms with Crippen molar-refractivity contribution < 1.29 is 9.59 Å². The molecule has 1 aromatic carbocycles. The Morgan fingerprint density at radius 1 is 1.04 bits per heavy atom. The molecule has 6 nitrogen and oxygen atoms in total. The molecule has 2 heterocycles. The molecule has 1 aliphatic rings. The first-order chi connectivity index (χ1) is 12.4. The van der Waals surface area contributed by atoms with Gasteiger partial charge in [0.1, 0.15) is 6.54 Å². The van der Waals surface area contributed by atoms with Crippen LogP contribution < -0.4 is 4.87 Å². The molecule has 8 heteroatoms. The summed E-state index contributed by atoms with van der Waals surface area (Å²) >= 11 is 6.96. The Morgan fingerprint density at radius 2 is 1.62 bits per heavy atom. The maximum Gasteiger partial charge on any atom is 0.307 e. The summed E-state index contributed by atoms with van der Waals surface area (Å²) in [6.07, 6.45) is 0.328. The summed E-state index contributed by atoms with van der Waals surface area (Å²) in [5.74, 6) is -0.0391. The molecule has 1 aliphatic heterocycles. The van der Waals surface area contributed by atoms with Crippen LogP contribution >= 0.6 is 22.9 Å². The van der Waals surface area contributed by atoms with E-state index >= 15 is 0 Å². The first-order valence-electron chi connectivity index (χ1n) is 8.39. The third-order valence-corrected chi connectivity index (χ3v) is 5.66. The molecular weight excluding hydrogens is 374 g/mol. The second-order valence-corrected chi connectivity index (χ2v) is 7.55. The van der Waals surface area contributed by atoms with E-state index in [0.717, 1.165) is 22.6 Å². The standard InChI is InChI=1S/C18H20ClN3O3S/c1-13-12-26-18(25)22(13)11-17(24)21-8-6-20(7-9-21)16(23)10-14-2-4-15(19)5-3-14/h2-5,12H,6-11H2,1H3. The molecule has 138 valence electrons. The zero-order valence-electron chi connectivity index (χ0n) is 14.5. The molecule has 2 aromatic rings. The number of hydrogen-bond acceptors (Lipinski definition) is 4. The number of carbonyl (C=O) groups excluding carboxylic acids is 2. The number of piperazine rings is 1. The van der Waals surface area contributed by atoms with Gasteiger partial charge in [-0.3, -0.25) is 19.0 Å². The van der Waals surface area contributed by atoms with Gasteiger partial charge in [0.25, 0.3) is 0 Å². The summed E-state index contributed by atoms with van der Waals surface area (Å²) in [5, 5.41) is 2.40. The number of amides is 2. The van der Waals surface area contributed by atoms with Crippen LogP contribution in [0.3, 0.4) is 0 Å². The topological polar surface area (TPSA) is 62.6 Å². The molecule has 26 heavy (non-hydrogen) atoms. The number of hydrogen-bond donors (Lipinski definition) is 0. The summed E-state index contributed by atoms with van der Waals surface area (Å²) in [5.41, 5.74) is 1.72. The number of aryl methyl sites for hydroxylation is 1. The highest BCUT2D eigenvalue weighted by Gasteiger charge is 2.24. The van der Waals surface area contributed by atoms with Crippen molar-refractivity contribution in [1.82, 2.24) is 14.4 Å². The van der Waals surface area contributed by atoms with Crippen molar-refractivity contribution in [2.45, 2.75) is 19.9 Å². The molecule has 0 aliphatic carbocycles. The molecule has 1 aromatic heterocycles. The lowest BCUT2D eigenvalue weighted by Crippen LogP contribution is -2.51. The quantitative estimate of drug-likeness (QED) is 0.795. The van der Waals surface area contributed by atoms with Crippen LogP contribution in [0.15, 0.2) is 34.4 Å². The predicted molar refractivity (Wildman–Crippen MR) is 102 cm³/mol. The maximum atomic E-state index is 12.4. The molecule has 0 bridgehead atoms. The van der Waals surface area contributed by atoms with Crippen molar-refractivity contribution in [2.75, 3.05) is 26.2 Å². The highest BCUT2D eigenvalue weighted by Crippen LogP contribution is 2.12. The first-order valence-corrected chi connectivity index (χ1v) is 9.65. The van der Waals surface area contributed by atoms with Gasteiger partial charge in [-0.1, -0.05) is 35.1 Å². The number of nitrogens with zero attached hydrogens (tertiary/aromatic N) is 3. The molecule has 0 N–H and O–H groups in total. The van der Waals surface area contributed by atoms with Crippen molar-refractivity contribution in [3.63, 3.8) is 0 Å². The summed E-state index contributed by atoms with van der Waals surface area (Å²) in [6.45, 7) is 3.88. The van der Waals surface area contributed by atoms with Gasteiger partial charge in [0, 0.05) is 42.3 Å². The summed E-state index contributed by atoms with van der Waals surface area (Å²) in [6, 6.07) is 7.24. The predicted octanol–water partition coefficient (Wildman–Crippen LogP) is 1.79.